The number of alkyl halides is 3. The first-order valence-electron chi connectivity index (χ1n) is 13.6. The molecule has 210 valence electrons. The zero-order valence-electron chi connectivity index (χ0n) is 22.5. The number of hydrogen-bond donors (Lipinski definition) is 1. The maximum absolute atomic E-state index is 13.8. The van der Waals surface area contributed by atoms with E-state index in [4.69, 9.17) is 0 Å². The van der Waals surface area contributed by atoms with Crippen molar-refractivity contribution in [1.29, 1.82) is 0 Å². The average Bonchev–Trinajstić information content (AvgIpc) is 2.89. The normalized spacial score (nSPS) is 20.5. The zero-order valence-corrected chi connectivity index (χ0v) is 22.5. The number of hydrogen-bond acceptors (Lipinski definition) is 3. The van der Waals surface area contributed by atoms with E-state index in [9.17, 15) is 27.9 Å². The lowest BCUT2D eigenvalue weighted by molar-refractivity contribution is -0.143. The second-order valence-corrected chi connectivity index (χ2v) is 11.3. The first-order chi connectivity index (χ1) is 19.0. The summed E-state index contributed by atoms with van der Waals surface area (Å²) in [5.41, 5.74) is 2.14. The van der Waals surface area contributed by atoms with Gasteiger partial charge in [0.1, 0.15) is 6.04 Å². The smallest absolute Gasteiger partial charge is 0.416 e. The molecule has 5 nitrogen and oxygen atoms in total. The Labute approximate surface area is 231 Å². The van der Waals surface area contributed by atoms with Crippen LogP contribution in [0.25, 0.3) is 10.8 Å². The molecule has 0 spiro atoms. The molecule has 1 aliphatic carbocycles. The number of benzene rings is 3. The van der Waals surface area contributed by atoms with E-state index in [-0.39, 0.29) is 19.1 Å². The molecule has 1 N–H and O–H groups in total. The van der Waals surface area contributed by atoms with Gasteiger partial charge in [0.15, 0.2) is 0 Å². The Bertz CT molecular complexity index is 1430. The van der Waals surface area contributed by atoms with Gasteiger partial charge in [-0.05, 0) is 73.1 Å². The predicted molar refractivity (Wildman–Crippen MR) is 149 cm³/mol. The van der Waals surface area contributed by atoms with E-state index in [0.29, 0.717) is 41.5 Å². The van der Waals surface area contributed by atoms with Gasteiger partial charge in [-0.1, -0.05) is 61.5 Å². The molecule has 0 radical (unpaired) electrons. The summed E-state index contributed by atoms with van der Waals surface area (Å²) in [4.78, 5) is 29.7. The third-order valence-corrected chi connectivity index (χ3v) is 8.15. The molecule has 1 heterocycles. The molecule has 1 fully saturated rings. The number of carboxylic acids is 1. The Morgan fingerprint density at radius 2 is 1.80 bits per heavy atom. The molecule has 3 aromatic carbocycles. The van der Waals surface area contributed by atoms with Gasteiger partial charge in [-0.25, -0.2) is 4.79 Å². The van der Waals surface area contributed by atoms with E-state index in [1.807, 2.05) is 35.2 Å². The third-order valence-electron chi connectivity index (χ3n) is 8.15. The number of carboxylic acid groups (broad SMARTS) is 1. The quantitative estimate of drug-likeness (QED) is 0.310. The molecule has 5 rings (SSSR count). The van der Waals surface area contributed by atoms with Gasteiger partial charge in [-0.3, -0.25) is 4.79 Å². The molecule has 0 saturated heterocycles. The van der Waals surface area contributed by atoms with Crippen molar-refractivity contribution in [2.24, 2.45) is 11.8 Å². The minimum atomic E-state index is -4.44. The van der Waals surface area contributed by atoms with Crippen LogP contribution in [0.1, 0.15) is 60.5 Å². The topological polar surface area (TPSA) is 60.9 Å². The van der Waals surface area contributed by atoms with Gasteiger partial charge in [0.2, 0.25) is 0 Å². The fourth-order valence-electron chi connectivity index (χ4n) is 6.38. The molecular formula is C32H33F3N2O3. The van der Waals surface area contributed by atoms with Gasteiger partial charge < -0.3 is 14.9 Å². The summed E-state index contributed by atoms with van der Waals surface area (Å²) in [6.07, 6.45) is -0.565. The molecule has 8 heteroatoms. The average molecular weight is 551 g/mol. The summed E-state index contributed by atoms with van der Waals surface area (Å²) in [6, 6.07) is 15.1. The first-order valence-corrected chi connectivity index (χ1v) is 13.6. The van der Waals surface area contributed by atoms with Crippen LogP contribution in [-0.4, -0.2) is 34.6 Å². The van der Waals surface area contributed by atoms with Gasteiger partial charge in [0, 0.05) is 11.9 Å². The summed E-state index contributed by atoms with van der Waals surface area (Å²) in [5.74, 6) is -0.573. The molecule has 0 aromatic heterocycles. The van der Waals surface area contributed by atoms with Crippen LogP contribution in [0.5, 0.6) is 0 Å². The van der Waals surface area contributed by atoms with Crippen molar-refractivity contribution in [3.63, 3.8) is 0 Å². The predicted octanol–water partition coefficient (Wildman–Crippen LogP) is 7.50. The number of fused-ring (bicyclic) bond motifs is 3. The van der Waals surface area contributed by atoms with Gasteiger partial charge >= 0.3 is 12.1 Å². The number of halogens is 3. The SMILES string of the molecule is C=C1CC(C)CC(CC[C@@H](C(=O)O)N2CN(Cc3ccc(C(F)(F)F)cc3)c3c(ccc4ccccc34)C2=O)C1. The van der Waals surface area contributed by atoms with Crippen molar-refractivity contribution in [2.45, 2.75) is 57.8 Å². The highest BCUT2D eigenvalue weighted by molar-refractivity contribution is 6.11. The second kappa shape index (κ2) is 11.0. The van der Waals surface area contributed by atoms with Crippen LogP contribution in [0.2, 0.25) is 0 Å². The number of allylic oxidation sites excluding steroid dienone is 1. The van der Waals surface area contributed by atoms with E-state index in [2.05, 4.69) is 13.5 Å². The van der Waals surface area contributed by atoms with Crippen molar-refractivity contribution in [3.05, 3.63) is 89.5 Å². The van der Waals surface area contributed by atoms with Crippen LogP contribution >= 0.6 is 0 Å². The van der Waals surface area contributed by atoms with Crippen molar-refractivity contribution in [3.8, 4) is 0 Å². The molecule has 2 aliphatic rings. The third kappa shape index (κ3) is 5.71. The second-order valence-electron chi connectivity index (χ2n) is 11.3. The zero-order chi connectivity index (χ0) is 28.6. The van der Waals surface area contributed by atoms with Crippen molar-refractivity contribution < 1.29 is 27.9 Å². The van der Waals surface area contributed by atoms with Crippen LogP contribution in [0.4, 0.5) is 18.9 Å². The molecule has 3 aromatic rings. The fraction of sp³-hybridized carbons (Fsp3) is 0.375. The van der Waals surface area contributed by atoms with Crippen LogP contribution in [0.15, 0.2) is 72.8 Å². The number of carbonyl (C=O) groups is 2. The lowest BCUT2D eigenvalue weighted by atomic mass is 9.77. The lowest BCUT2D eigenvalue weighted by Gasteiger charge is -2.41. The number of anilines is 1. The molecule has 3 atom stereocenters. The molecular weight excluding hydrogens is 517 g/mol. The van der Waals surface area contributed by atoms with Gasteiger partial charge in [0.05, 0.1) is 23.5 Å². The van der Waals surface area contributed by atoms with E-state index in [1.54, 1.807) is 6.07 Å². The van der Waals surface area contributed by atoms with Gasteiger partial charge in [-0.2, -0.15) is 13.2 Å². The maximum atomic E-state index is 13.8. The number of amides is 1. The molecule has 40 heavy (non-hydrogen) atoms. The maximum Gasteiger partial charge on any atom is 0.416 e. The fourth-order valence-corrected chi connectivity index (χ4v) is 6.38. The molecule has 1 amide bonds. The van der Waals surface area contributed by atoms with Crippen molar-refractivity contribution in [1.82, 2.24) is 4.90 Å². The summed E-state index contributed by atoms with van der Waals surface area (Å²) < 4.78 is 39.4. The van der Waals surface area contributed by atoms with Crippen molar-refractivity contribution >= 4 is 28.3 Å². The first kappa shape index (κ1) is 27.7. The highest BCUT2D eigenvalue weighted by Gasteiger charge is 2.38. The summed E-state index contributed by atoms with van der Waals surface area (Å²) in [5, 5.41) is 12.0. The Balaban J connectivity index is 1.47. The number of nitrogens with zero attached hydrogens (tertiary/aromatic N) is 2. The largest absolute Gasteiger partial charge is 0.480 e. The van der Waals surface area contributed by atoms with Crippen LogP contribution in [0, 0.1) is 11.8 Å². The summed E-state index contributed by atoms with van der Waals surface area (Å²) in [7, 11) is 0. The lowest BCUT2D eigenvalue weighted by Crippen LogP contribution is -2.53. The monoisotopic (exact) mass is 550 g/mol. The van der Waals surface area contributed by atoms with E-state index >= 15 is 0 Å². The number of carbonyl (C=O) groups excluding carboxylic acids is 1. The molecule has 1 aliphatic heterocycles. The number of aliphatic carboxylic acids is 1. The standard InChI is InChI=1S/C32H33F3N2O3/c1-20-15-21(2)17-23(16-20)9-14-28(31(39)40)37-19-36(18-22-7-11-25(12-8-22)32(33,34)35)29-26-6-4-3-5-24(26)10-13-27(29)30(37)38/h3-8,10-13,21,23,28H,1,9,14-19H2,2H3,(H,39,40)/t21?,23?,28-/m0/s1. The van der Waals surface area contributed by atoms with E-state index in [0.717, 1.165) is 42.2 Å². The summed E-state index contributed by atoms with van der Waals surface area (Å²) in [6.45, 7) is 6.57. The van der Waals surface area contributed by atoms with Crippen molar-refractivity contribution in [2.75, 3.05) is 11.6 Å². The van der Waals surface area contributed by atoms with E-state index < -0.39 is 23.8 Å². The van der Waals surface area contributed by atoms with Gasteiger partial charge in [-0.15, -0.1) is 0 Å². The summed E-state index contributed by atoms with van der Waals surface area (Å²) >= 11 is 0. The Morgan fingerprint density at radius 1 is 1.07 bits per heavy atom. The molecule has 0 bridgehead atoms. The Hall–Kier alpha value is -3.81. The molecule has 1 saturated carbocycles. The van der Waals surface area contributed by atoms with Crippen LogP contribution in [-0.2, 0) is 17.5 Å². The highest BCUT2D eigenvalue weighted by Crippen LogP contribution is 2.39. The highest BCUT2D eigenvalue weighted by atomic mass is 19.4. The Kier molecular flexibility index (Phi) is 7.62. The minimum absolute atomic E-state index is 0.0195. The Morgan fingerprint density at radius 3 is 2.48 bits per heavy atom. The number of rotatable bonds is 7. The minimum Gasteiger partial charge on any atom is -0.480 e. The van der Waals surface area contributed by atoms with Gasteiger partial charge in [0.25, 0.3) is 5.91 Å². The molecule has 2 unspecified atom stereocenters. The van der Waals surface area contributed by atoms with Crippen LogP contribution in [0.3, 0.4) is 0 Å². The van der Waals surface area contributed by atoms with Crippen LogP contribution < -0.4 is 4.90 Å². The van der Waals surface area contributed by atoms with E-state index in [1.165, 1.54) is 22.6 Å².